The van der Waals surface area contributed by atoms with E-state index >= 15 is 0 Å². The van der Waals surface area contributed by atoms with Crippen molar-refractivity contribution in [1.29, 1.82) is 0 Å². The maximum absolute atomic E-state index is 12.5. The predicted molar refractivity (Wildman–Crippen MR) is 105 cm³/mol. The summed E-state index contributed by atoms with van der Waals surface area (Å²) in [6.07, 6.45) is 7.68. The molecule has 1 atom stereocenters. The third kappa shape index (κ3) is 4.33. The van der Waals surface area contributed by atoms with Gasteiger partial charge in [0.25, 0.3) is 0 Å². The number of likely N-dealkylation sites (tertiary alicyclic amines) is 1. The van der Waals surface area contributed by atoms with E-state index in [4.69, 9.17) is 0 Å². The van der Waals surface area contributed by atoms with Gasteiger partial charge in [-0.1, -0.05) is 25.1 Å². The van der Waals surface area contributed by atoms with Gasteiger partial charge in [-0.05, 0) is 43.9 Å². The Morgan fingerprint density at radius 2 is 2.23 bits per heavy atom. The molecule has 1 aliphatic heterocycles. The molecule has 3 rings (SSSR count). The first-order valence-corrected chi connectivity index (χ1v) is 9.66. The van der Waals surface area contributed by atoms with Crippen molar-refractivity contribution in [2.24, 2.45) is 7.05 Å². The number of anilines is 1. The Labute approximate surface area is 156 Å². The number of hydrogen-bond acceptors (Lipinski definition) is 3. The summed E-state index contributed by atoms with van der Waals surface area (Å²) in [6, 6.07) is 6.19. The SMILES string of the molecule is CCc1cccc(C)c1NC(=O)CCN1CCCC(c2nccn2C)C1. The van der Waals surface area contributed by atoms with E-state index in [1.54, 1.807) is 0 Å². The van der Waals surface area contributed by atoms with E-state index in [-0.39, 0.29) is 5.91 Å². The first-order valence-electron chi connectivity index (χ1n) is 9.66. The van der Waals surface area contributed by atoms with Crippen molar-refractivity contribution in [3.8, 4) is 0 Å². The van der Waals surface area contributed by atoms with Gasteiger partial charge in [0.1, 0.15) is 5.82 Å². The molecular formula is C21H30N4O. The molecule has 2 heterocycles. The molecule has 0 bridgehead atoms. The summed E-state index contributed by atoms with van der Waals surface area (Å²) in [7, 11) is 2.06. The Balaban J connectivity index is 1.54. The second-order valence-corrected chi connectivity index (χ2v) is 7.30. The molecule has 1 fully saturated rings. The van der Waals surface area contributed by atoms with Gasteiger partial charge in [-0.2, -0.15) is 0 Å². The number of piperidine rings is 1. The summed E-state index contributed by atoms with van der Waals surface area (Å²) >= 11 is 0. The molecule has 1 aliphatic rings. The molecule has 0 radical (unpaired) electrons. The second kappa shape index (κ2) is 8.49. The average molecular weight is 354 g/mol. The average Bonchev–Trinajstić information content (AvgIpc) is 3.08. The monoisotopic (exact) mass is 354 g/mol. The van der Waals surface area contributed by atoms with Crippen LogP contribution in [0.1, 0.15) is 49.1 Å². The molecule has 26 heavy (non-hydrogen) atoms. The summed E-state index contributed by atoms with van der Waals surface area (Å²) in [4.78, 5) is 19.4. The first kappa shape index (κ1) is 18.6. The quantitative estimate of drug-likeness (QED) is 0.864. The topological polar surface area (TPSA) is 50.2 Å². The van der Waals surface area contributed by atoms with Gasteiger partial charge in [-0.15, -0.1) is 0 Å². The van der Waals surface area contributed by atoms with Crippen molar-refractivity contribution in [3.05, 3.63) is 47.5 Å². The van der Waals surface area contributed by atoms with Crippen LogP contribution in [0.4, 0.5) is 5.69 Å². The highest BCUT2D eigenvalue weighted by molar-refractivity contribution is 5.92. The number of aryl methyl sites for hydroxylation is 3. The zero-order valence-electron chi connectivity index (χ0n) is 16.2. The van der Waals surface area contributed by atoms with Crippen molar-refractivity contribution in [3.63, 3.8) is 0 Å². The molecule has 1 N–H and O–H groups in total. The van der Waals surface area contributed by atoms with Crippen molar-refractivity contribution in [2.75, 3.05) is 25.0 Å². The van der Waals surface area contributed by atoms with Crippen molar-refractivity contribution < 1.29 is 4.79 Å². The predicted octanol–water partition coefficient (Wildman–Crippen LogP) is 3.50. The fourth-order valence-corrected chi connectivity index (χ4v) is 3.90. The molecule has 1 unspecified atom stereocenters. The number of carbonyl (C=O) groups excluding carboxylic acids is 1. The number of amides is 1. The van der Waals surface area contributed by atoms with Crippen LogP contribution in [0.15, 0.2) is 30.6 Å². The van der Waals surface area contributed by atoms with E-state index in [1.807, 2.05) is 12.4 Å². The Morgan fingerprint density at radius 3 is 2.96 bits per heavy atom. The molecule has 1 amide bonds. The summed E-state index contributed by atoms with van der Waals surface area (Å²) in [5.41, 5.74) is 3.32. The summed E-state index contributed by atoms with van der Waals surface area (Å²) in [5, 5.41) is 3.14. The molecule has 0 aliphatic carbocycles. The van der Waals surface area contributed by atoms with Crippen LogP contribution in [0.25, 0.3) is 0 Å². The minimum absolute atomic E-state index is 0.105. The van der Waals surface area contributed by atoms with Crippen LogP contribution in [-0.4, -0.2) is 40.0 Å². The lowest BCUT2D eigenvalue weighted by atomic mass is 9.97. The zero-order chi connectivity index (χ0) is 18.5. The maximum atomic E-state index is 12.5. The second-order valence-electron chi connectivity index (χ2n) is 7.30. The molecular weight excluding hydrogens is 324 g/mol. The van der Waals surface area contributed by atoms with E-state index < -0.39 is 0 Å². The normalized spacial score (nSPS) is 18.0. The number of nitrogens with zero attached hydrogens (tertiary/aromatic N) is 3. The minimum atomic E-state index is 0.105. The molecule has 140 valence electrons. The fourth-order valence-electron chi connectivity index (χ4n) is 3.90. The van der Waals surface area contributed by atoms with Crippen molar-refractivity contribution >= 4 is 11.6 Å². The first-order chi connectivity index (χ1) is 12.6. The van der Waals surface area contributed by atoms with E-state index in [0.717, 1.165) is 49.6 Å². The van der Waals surface area contributed by atoms with Gasteiger partial charge < -0.3 is 14.8 Å². The molecule has 5 nitrogen and oxygen atoms in total. The van der Waals surface area contributed by atoms with Gasteiger partial charge in [0, 0.05) is 50.6 Å². The Bertz CT molecular complexity index is 752. The Kier molecular flexibility index (Phi) is 6.09. The Morgan fingerprint density at radius 1 is 1.38 bits per heavy atom. The lowest BCUT2D eigenvalue weighted by Gasteiger charge is -2.32. The van der Waals surface area contributed by atoms with Crippen molar-refractivity contribution in [2.45, 2.75) is 45.4 Å². The highest BCUT2D eigenvalue weighted by Crippen LogP contribution is 2.26. The summed E-state index contributed by atoms with van der Waals surface area (Å²) in [6.45, 7) is 7.04. The third-order valence-corrected chi connectivity index (χ3v) is 5.39. The number of imidazole rings is 1. The molecule has 5 heteroatoms. The van der Waals surface area contributed by atoms with Gasteiger partial charge in [-0.3, -0.25) is 4.79 Å². The smallest absolute Gasteiger partial charge is 0.225 e. The summed E-state index contributed by atoms with van der Waals surface area (Å²) in [5.74, 6) is 1.73. The molecule has 1 aromatic heterocycles. The van der Waals surface area contributed by atoms with Crippen LogP contribution in [-0.2, 0) is 18.3 Å². The highest BCUT2D eigenvalue weighted by atomic mass is 16.1. The Hall–Kier alpha value is -2.14. The van der Waals surface area contributed by atoms with Crippen molar-refractivity contribution in [1.82, 2.24) is 14.5 Å². The van der Waals surface area contributed by atoms with Crippen LogP contribution >= 0.6 is 0 Å². The standard InChI is InChI=1S/C21H30N4O/c1-4-17-8-5-7-16(2)20(17)23-19(26)10-13-25-12-6-9-18(15-25)21-22-11-14-24(21)3/h5,7-8,11,14,18H,4,6,9-10,12-13,15H2,1-3H3,(H,23,26). The van der Waals surface area contributed by atoms with Crippen LogP contribution in [0.5, 0.6) is 0 Å². The lowest BCUT2D eigenvalue weighted by molar-refractivity contribution is -0.116. The van der Waals surface area contributed by atoms with Gasteiger partial charge in [0.2, 0.25) is 5.91 Å². The largest absolute Gasteiger partial charge is 0.338 e. The molecule has 0 saturated carbocycles. The minimum Gasteiger partial charge on any atom is -0.338 e. The van der Waals surface area contributed by atoms with E-state index in [1.165, 1.54) is 12.0 Å². The van der Waals surface area contributed by atoms with Crippen LogP contribution in [0.2, 0.25) is 0 Å². The van der Waals surface area contributed by atoms with Gasteiger partial charge in [-0.25, -0.2) is 4.98 Å². The number of carbonyl (C=O) groups is 1. The number of nitrogens with one attached hydrogen (secondary N) is 1. The number of rotatable bonds is 6. The zero-order valence-corrected chi connectivity index (χ0v) is 16.2. The molecule has 2 aromatic rings. The van der Waals surface area contributed by atoms with Crippen LogP contribution in [0, 0.1) is 6.92 Å². The van der Waals surface area contributed by atoms with Gasteiger partial charge >= 0.3 is 0 Å². The number of benzene rings is 1. The number of aromatic nitrogens is 2. The fraction of sp³-hybridized carbons (Fsp3) is 0.524. The van der Waals surface area contributed by atoms with Gasteiger partial charge in [0.05, 0.1) is 0 Å². The van der Waals surface area contributed by atoms with Crippen LogP contribution in [0.3, 0.4) is 0 Å². The third-order valence-electron chi connectivity index (χ3n) is 5.39. The van der Waals surface area contributed by atoms with E-state index in [2.05, 4.69) is 58.9 Å². The molecule has 0 spiro atoms. The lowest BCUT2D eigenvalue weighted by Crippen LogP contribution is -2.37. The summed E-state index contributed by atoms with van der Waals surface area (Å²) < 4.78 is 2.12. The van der Waals surface area contributed by atoms with Gasteiger partial charge in [0.15, 0.2) is 0 Å². The molecule has 1 saturated heterocycles. The maximum Gasteiger partial charge on any atom is 0.225 e. The highest BCUT2D eigenvalue weighted by Gasteiger charge is 2.24. The van der Waals surface area contributed by atoms with E-state index in [9.17, 15) is 4.79 Å². The van der Waals surface area contributed by atoms with E-state index in [0.29, 0.717) is 12.3 Å². The molecule has 1 aromatic carbocycles. The van der Waals surface area contributed by atoms with Crippen LogP contribution < -0.4 is 5.32 Å². The number of para-hydroxylation sites is 1. The number of hydrogen-bond donors (Lipinski definition) is 1.